The molecular formula is C17H20N2O2. The second-order valence-electron chi connectivity index (χ2n) is 5.94. The molecule has 1 aliphatic rings. The Morgan fingerprint density at radius 1 is 1.14 bits per heavy atom. The van der Waals surface area contributed by atoms with Crippen LogP contribution < -0.4 is 10.6 Å². The number of carbonyl (C=O) groups is 1. The molecule has 1 saturated heterocycles. The second-order valence-corrected chi connectivity index (χ2v) is 5.94. The zero-order chi connectivity index (χ0) is 14.9. The highest BCUT2D eigenvalue weighted by molar-refractivity contribution is 6.05. The summed E-state index contributed by atoms with van der Waals surface area (Å²) in [5.74, 6) is 0.288. The molecule has 110 valence electrons. The summed E-state index contributed by atoms with van der Waals surface area (Å²) < 4.78 is 0. The molecule has 3 rings (SSSR count). The molecule has 2 aromatic rings. The van der Waals surface area contributed by atoms with Crippen molar-refractivity contribution in [2.24, 2.45) is 5.41 Å². The zero-order valence-corrected chi connectivity index (χ0v) is 12.1. The van der Waals surface area contributed by atoms with E-state index in [4.69, 9.17) is 0 Å². The molecule has 0 bridgehead atoms. The van der Waals surface area contributed by atoms with Crippen molar-refractivity contribution in [3.63, 3.8) is 0 Å². The summed E-state index contributed by atoms with van der Waals surface area (Å²) in [5, 5.41) is 17.9. The fourth-order valence-corrected chi connectivity index (χ4v) is 2.88. The van der Waals surface area contributed by atoms with Crippen LogP contribution in [-0.2, 0) is 4.79 Å². The molecule has 0 aromatic heterocycles. The van der Waals surface area contributed by atoms with Crippen molar-refractivity contribution in [1.82, 2.24) is 5.32 Å². The van der Waals surface area contributed by atoms with Gasteiger partial charge in [-0.2, -0.15) is 0 Å². The highest BCUT2D eigenvalue weighted by atomic mass is 16.3. The molecule has 4 nitrogen and oxygen atoms in total. The second kappa shape index (κ2) is 5.37. The number of anilines is 1. The lowest BCUT2D eigenvalue weighted by Crippen LogP contribution is -2.42. The van der Waals surface area contributed by atoms with E-state index in [2.05, 4.69) is 10.6 Å². The van der Waals surface area contributed by atoms with E-state index in [-0.39, 0.29) is 17.1 Å². The minimum atomic E-state index is -0.329. The molecule has 1 aliphatic heterocycles. The van der Waals surface area contributed by atoms with Crippen LogP contribution in [0.2, 0.25) is 0 Å². The fraction of sp³-hybridized carbons (Fsp3) is 0.353. The molecule has 0 spiro atoms. The Hall–Kier alpha value is -2.07. The smallest absolute Gasteiger partial charge is 0.230 e. The monoisotopic (exact) mass is 284 g/mol. The van der Waals surface area contributed by atoms with Crippen molar-refractivity contribution in [1.29, 1.82) is 0 Å². The quantitative estimate of drug-likeness (QED) is 0.794. The summed E-state index contributed by atoms with van der Waals surface area (Å²) in [4.78, 5) is 12.6. The van der Waals surface area contributed by atoms with Crippen molar-refractivity contribution < 1.29 is 9.90 Å². The van der Waals surface area contributed by atoms with Crippen molar-refractivity contribution in [2.45, 2.75) is 19.8 Å². The van der Waals surface area contributed by atoms with Crippen molar-refractivity contribution in [2.75, 3.05) is 18.4 Å². The van der Waals surface area contributed by atoms with Crippen molar-refractivity contribution in [3.8, 4) is 5.75 Å². The summed E-state index contributed by atoms with van der Waals surface area (Å²) in [6.07, 6.45) is 1.68. The number of hydrogen-bond acceptors (Lipinski definition) is 3. The van der Waals surface area contributed by atoms with Crippen LogP contribution in [0.15, 0.2) is 36.4 Å². The third-order valence-corrected chi connectivity index (χ3v) is 4.40. The maximum Gasteiger partial charge on any atom is 0.230 e. The number of phenolic OH excluding ortho intramolecular Hbond substituents is 1. The summed E-state index contributed by atoms with van der Waals surface area (Å²) in [5.41, 5.74) is 0.428. The molecule has 2 aromatic carbocycles. The van der Waals surface area contributed by atoms with E-state index in [1.807, 2.05) is 31.2 Å². The topological polar surface area (TPSA) is 61.4 Å². The number of phenols is 1. The van der Waals surface area contributed by atoms with Crippen LogP contribution in [0.1, 0.15) is 19.8 Å². The van der Waals surface area contributed by atoms with E-state index in [9.17, 15) is 9.90 Å². The predicted molar refractivity (Wildman–Crippen MR) is 84.5 cm³/mol. The minimum absolute atomic E-state index is 0.0554. The SMILES string of the molecule is CC1(C(=O)Nc2cccc3c(O)cccc23)CCNCC1. The number of amides is 1. The maximum absolute atomic E-state index is 12.6. The average Bonchev–Trinajstić information content (AvgIpc) is 2.49. The van der Waals surface area contributed by atoms with Gasteiger partial charge < -0.3 is 15.7 Å². The Morgan fingerprint density at radius 2 is 1.81 bits per heavy atom. The number of nitrogens with one attached hydrogen (secondary N) is 2. The third-order valence-electron chi connectivity index (χ3n) is 4.40. The summed E-state index contributed by atoms with van der Waals surface area (Å²) in [6.45, 7) is 3.77. The normalized spacial score (nSPS) is 17.6. The molecule has 0 radical (unpaired) electrons. The van der Waals surface area contributed by atoms with Crippen molar-refractivity contribution in [3.05, 3.63) is 36.4 Å². The van der Waals surface area contributed by atoms with Gasteiger partial charge in [0.15, 0.2) is 0 Å². The van der Waals surface area contributed by atoms with Gasteiger partial charge in [-0.3, -0.25) is 4.79 Å². The van der Waals surface area contributed by atoms with Gasteiger partial charge in [0.2, 0.25) is 5.91 Å². The molecule has 1 amide bonds. The third kappa shape index (κ3) is 2.59. The maximum atomic E-state index is 12.6. The number of rotatable bonds is 2. The van der Waals surface area contributed by atoms with Crippen LogP contribution in [-0.4, -0.2) is 24.1 Å². The molecule has 0 unspecified atom stereocenters. The molecule has 0 atom stereocenters. The Kier molecular flexibility index (Phi) is 3.55. The molecule has 3 N–H and O–H groups in total. The number of piperidine rings is 1. The molecular weight excluding hydrogens is 264 g/mol. The molecule has 1 fully saturated rings. The average molecular weight is 284 g/mol. The van der Waals surface area contributed by atoms with Gasteiger partial charge in [0.1, 0.15) is 5.75 Å². The molecule has 1 heterocycles. The standard InChI is InChI=1S/C17H20N2O2/c1-17(8-10-18-11-9-17)16(21)19-14-6-2-5-13-12(14)4-3-7-15(13)20/h2-7,18,20H,8-11H2,1H3,(H,19,21). The fourth-order valence-electron chi connectivity index (χ4n) is 2.88. The van der Waals surface area contributed by atoms with Gasteiger partial charge in [-0.1, -0.05) is 31.2 Å². The Morgan fingerprint density at radius 3 is 2.57 bits per heavy atom. The van der Waals surface area contributed by atoms with Gasteiger partial charge in [-0.25, -0.2) is 0 Å². The van der Waals surface area contributed by atoms with E-state index in [1.165, 1.54) is 0 Å². The summed E-state index contributed by atoms with van der Waals surface area (Å²) >= 11 is 0. The van der Waals surface area contributed by atoms with E-state index in [0.29, 0.717) is 0 Å². The Bertz CT molecular complexity index is 676. The lowest BCUT2D eigenvalue weighted by atomic mass is 9.80. The van der Waals surface area contributed by atoms with E-state index in [0.717, 1.165) is 42.4 Å². The highest BCUT2D eigenvalue weighted by Crippen LogP contribution is 2.33. The van der Waals surface area contributed by atoms with Crippen LogP contribution in [0.5, 0.6) is 5.75 Å². The molecule has 0 saturated carbocycles. The van der Waals surface area contributed by atoms with Gasteiger partial charge in [-0.15, -0.1) is 0 Å². The zero-order valence-electron chi connectivity index (χ0n) is 12.1. The Labute approximate surface area is 124 Å². The van der Waals surface area contributed by atoms with E-state index < -0.39 is 0 Å². The molecule has 21 heavy (non-hydrogen) atoms. The van der Waals surface area contributed by atoms with Gasteiger partial charge in [0.25, 0.3) is 0 Å². The minimum Gasteiger partial charge on any atom is -0.507 e. The van der Waals surface area contributed by atoms with E-state index in [1.54, 1.807) is 12.1 Å². The number of benzene rings is 2. The van der Waals surface area contributed by atoms with Gasteiger partial charge >= 0.3 is 0 Å². The first-order valence-electron chi connectivity index (χ1n) is 7.33. The lowest BCUT2D eigenvalue weighted by molar-refractivity contribution is -0.126. The summed E-state index contributed by atoms with van der Waals surface area (Å²) in [6, 6.07) is 10.9. The van der Waals surface area contributed by atoms with Crippen LogP contribution in [0.3, 0.4) is 0 Å². The lowest BCUT2D eigenvalue weighted by Gasteiger charge is -2.32. The van der Waals surface area contributed by atoms with Crippen LogP contribution in [0, 0.1) is 5.41 Å². The van der Waals surface area contributed by atoms with Gasteiger partial charge in [0, 0.05) is 21.9 Å². The van der Waals surface area contributed by atoms with Crippen molar-refractivity contribution >= 4 is 22.4 Å². The van der Waals surface area contributed by atoms with Crippen LogP contribution in [0.25, 0.3) is 10.8 Å². The number of carbonyl (C=O) groups excluding carboxylic acids is 1. The van der Waals surface area contributed by atoms with Crippen LogP contribution >= 0.6 is 0 Å². The molecule has 0 aliphatic carbocycles. The number of aromatic hydroxyl groups is 1. The van der Waals surface area contributed by atoms with Gasteiger partial charge in [0.05, 0.1) is 0 Å². The number of fused-ring (bicyclic) bond motifs is 1. The number of hydrogen-bond donors (Lipinski definition) is 3. The highest BCUT2D eigenvalue weighted by Gasteiger charge is 2.34. The van der Waals surface area contributed by atoms with Gasteiger partial charge in [-0.05, 0) is 38.1 Å². The molecule has 4 heteroatoms. The largest absolute Gasteiger partial charge is 0.507 e. The predicted octanol–water partition coefficient (Wildman–Crippen LogP) is 2.87. The first kappa shape index (κ1) is 13.9. The Balaban J connectivity index is 1.91. The first-order chi connectivity index (χ1) is 10.1. The summed E-state index contributed by atoms with van der Waals surface area (Å²) in [7, 11) is 0. The van der Waals surface area contributed by atoms with E-state index >= 15 is 0 Å². The first-order valence-corrected chi connectivity index (χ1v) is 7.33. The van der Waals surface area contributed by atoms with Crippen LogP contribution in [0.4, 0.5) is 5.69 Å².